The van der Waals surface area contributed by atoms with Gasteiger partial charge in [0.25, 0.3) is 11.8 Å². The van der Waals surface area contributed by atoms with Crippen molar-refractivity contribution < 1.29 is 23.1 Å². The lowest BCUT2D eigenvalue weighted by Gasteiger charge is -2.15. The van der Waals surface area contributed by atoms with E-state index in [-0.39, 0.29) is 23.5 Å². The van der Waals surface area contributed by atoms with Crippen LogP contribution in [0.5, 0.6) is 5.75 Å². The molecular formula is C25H20F2N2O3. The summed E-state index contributed by atoms with van der Waals surface area (Å²) in [6.07, 6.45) is 0.482. The molecule has 0 atom stereocenters. The average Bonchev–Trinajstić information content (AvgIpc) is 3.04. The van der Waals surface area contributed by atoms with Crippen molar-refractivity contribution in [3.63, 3.8) is 0 Å². The van der Waals surface area contributed by atoms with Gasteiger partial charge < -0.3 is 10.1 Å². The summed E-state index contributed by atoms with van der Waals surface area (Å²) >= 11 is 0. The highest BCUT2D eigenvalue weighted by Gasteiger charge is 2.40. The zero-order chi connectivity index (χ0) is 22.7. The van der Waals surface area contributed by atoms with Crippen LogP contribution >= 0.6 is 0 Å². The first-order chi connectivity index (χ1) is 15.5. The molecule has 3 aromatic rings. The lowest BCUT2D eigenvalue weighted by atomic mass is 10.0. The number of rotatable bonds is 7. The Morgan fingerprint density at radius 2 is 1.59 bits per heavy atom. The summed E-state index contributed by atoms with van der Waals surface area (Å²) < 4.78 is 32.5. The molecule has 5 nitrogen and oxygen atoms in total. The first kappa shape index (κ1) is 21.2. The Bertz CT molecular complexity index is 1210. The van der Waals surface area contributed by atoms with Gasteiger partial charge in [0.15, 0.2) is 11.6 Å². The van der Waals surface area contributed by atoms with Crippen LogP contribution in [0.15, 0.2) is 78.5 Å². The second-order valence-electron chi connectivity index (χ2n) is 7.20. The van der Waals surface area contributed by atoms with E-state index in [1.807, 2.05) is 30.3 Å². The highest BCUT2D eigenvalue weighted by atomic mass is 19.2. The number of nitrogens with one attached hydrogen (secondary N) is 1. The average molecular weight is 434 g/mol. The number of ether oxygens (including phenoxy) is 1. The first-order valence-corrected chi connectivity index (χ1v) is 9.99. The van der Waals surface area contributed by atoms with Gasteiger partial charge in [0.2, 0.25) is 0 Å². The van der Waals surface area contributed by atoms with Crippen LogP contribution in [0.2, 0.25) is 0 Å². The van der Waals surface area contributed by atoms with E-state index in [0.29, 0.717) is 17.7 Å². The number of nitrogens with zero attached hydrogens (tertiary/aromatic N) is 1. The Kier molecular flexibility index (Phi) is 5.98. The van der Waals surface area contributed by atoms with Crippen LogP contribution in [-0.4, -0.2) is 30.4 Å². The third kappa shape index (κ3) is 4.09. The lowest BCUT2D eigenvalue weighted by molar-refractivity contribution is -0.136. The molecule has 0 saturated carbocycles. The standard InChI is InChI=1S/C25H20F2N2O3/c1-32-21-10-6-5-9-18(21)22-23(28-17-11-12-19(26)20(27)15-17)25(31)29(24(22)30)14-13-16-7-3-2-4-8-16/h2-12,15,28H,13-14H2,1H3. The van der Waals surface area contributed by atoms with E-state index in [4.69, 9.17) is 4.74 Å². The van der Waals surface area contributed by atoms with E-state index in [9.17, 15) is 18.4 Å². The van der Waals surface area contributed by atoms with Gasteiger partial charge in [0.05, 0.1) is 12.7 Å². The fraction of sp³-hybridized carbons (Fsp3) is 0.120. The summed E-state index contributed by atoms with van der Waals surface area (Å²) in [5, 5.41) is 2.82. The molecule has 32 heavy (non-hydrogen) atoms. The van der Waals surface area contributed by atoms with Crippen molar-refractivity contribution in [2.75, 3.05) is 19.0 Å². The zero-order valence-electron chi connectivity index (χ0n) is 17.3. The molecule has 162 valence electrons. The Morgan fingerprint density at radius 1 is 0.875 bits per heavy atom. The first-order valence-electron chi connectivity index (χ1n) is 9.99. The van der Waals surface area contributed by atoms with Gasteiger partial charge in [-0.05, 0) is 30.2 Å². The number of hydrogen-bond acceptors (Lipinski definition) is 4. The Hall–Kier alpha value is -4.00. The van der Waals surface area contributed by atoms with Crippen molar-refractivity contribution >= 4 is 23.1 Å². The van der Waals surface area contributed by atoms with Crippen molar-refractivity contribution in [3.8, 4) is 5.75 Å². The molecule has 3 aromatic carbocycles. The number of imide groups is 1. The van der Waals surface area contributed by atoms with Gasteiger partial charge in [-0.2, -0.15) is 0 Å². The van der Waals surface area contributed by atoms with Gasteiger partial charge in [-0.3, -0.25) is 14.5 Å². The molecule has 0 spiro atoms. The molecule has 1 N–H and O–H groups in total. The monoisotopic (exact) mass is 434 g/mol. The molecule has 1 heterocycles. The molecule has 0 fully saturated rings. The third-order valence-corrected chi connectivity index (χ3v) is 5.20. The number of halogens is 2. The van der Waals surface area contributed by atoms with Crippen molar-refractivity contribution in [3.05, 3.63) is 101 Å². The summed E-state index contributed by atoms with van der Waals surface area (Å²) in [5.41, 5.74) is 1.66. The Morgan fingerprint density at radius 3 is 2.31 bits per heavy atom. The van der Waals surface area contributed by atoms with Crippen molar-refractivity contribution in [1.29, 1.82) is 0 Å². The van der Waals surface area contributed by atoms with Gasteiger partial charge in [-0.25, -0.2) is 8.78 Å². The van der Waals surface area contributed by atoms with E-state index in [2.05, 4.69) is 5.32 Å². The van der Waals surface area contributed by atoms with Crippen molar-refractivity contribution in [2.24, 2.45) is 0 Å². The molecule has 4 rings (SSSR count). The molecule has 0 bridgehead atoms. The van der Waals surface area contributed by atoms with Crippen LogP contribution in [-0.2, 0) is 16.0 Å². The van der Waals surface area contributed by atoms with Crippen LogP contribution < -0.4 is 10.1 Å². The number of para-hydroxylation sites is 1. The van der Waals surface area contributed by atoms with Gasteiger partial charge in [-0.15, -0.1) is 0 Å². The topological polar surface area (TPSA) is 58.6 Å². The zero-order valence-corrected chi connectivity index (χ0v) is 17.3. The molecule has 0 unspecified atom stereocenters. The van der Waals surface area contributed by atoms with Crippen molar-refractivity contribution in [2.45, 2.75) is 6.42 Å². The smallest absolute Gasteiger partial charge is 0.278 e. The largest absolute Gasteiger partial charge is 0.496 e. The molecule has 1 aliphatic heterocycles. The maximum Gasteiger partial charge on any atom is 0.278 e. The van der Waals surface area contributed by atoms with Gasteiger partial charge >= 0.3 is 0 Å². The highest BCUT2D eigenvalue weighted by Crippen LogP contribution is 2.35. The Balaban J connectivity index is 1.72. The van der Waals surface area contributed by atoms with Crippen LogP contribution in [0.1, 0.15) is 11.1 Å². The van der Waals surface area contributed by atoms with Gasteiger partial charge in [0.1, 0.15) is 11.4 Å². The highest BCUT2D eigenvalue weighted by molar-refractivity contribution is 6.37. The number of benzene rings is 3. The van der Waals surface area contributed by atoms with Crippen molar-refractivity contribution in [1.82, 2.24) is 4.90 Å². The maximum atomic E-state index is 13.7. The van der Waals surface area contributed by atoms with E-state index in [1.165, 1.54) is 13.2 Å². The Labute approximate surface area is 183 Å². The van der Waals surface area contributed by atoms with Crippen LogP contribution in [0, 0.1) is 11.6 Å². The van der Waals surface area contributed by atoms with Crippen LogP contribution in [0.25, 0.3) is 5.57 Å². The second kappa shape index (κ2) is 9.01. The van der Waals surface area contributed by atoms with E-state index in [0.717, 1.165) is 22.6 Å². The summed E-state index contributed by atoms with van der Waals surface area (Å²) in [7, 11) is 1.47. The quantitative estimate of drug-likeness (QED) is 0.560. The molecule has 0 aliphatic carbocycles. The number of hydrogen-bond donors (Lipinski definition) is 1. The maximum absolute atomic E-state index is 13.7. The number of carbonyl (C=O) groups excluding carboxylic acids is 2. The summed E-state index contributed by atoms with van der Waals surface area (Å²) in [6, 6.07) is 19.5. The normalized spacial score (nSPS) is 13.7. The fourth-order valence-electron chi connectivity index (χ4n) is 3.60. The minimum Gasteiger partial charge on any atom is -0.496 e. The minimum atomic E-state index is -1.06. The number of methoxy groups -OCH3 is 1. The lowest BCUT2D eigenvalue weighted by Crippen LogP contribution is -2.34. The molecular weight excluding hydrogens is 414 g/mol. The van der Waals surface area contributed by atoms with Crippen LogP contribution in [0.4, 0.5) is 14.5 Å². The van der Waals surface area contributed by atoms with E-state index < -0.39 is 23.4 Å². The summed E-state index contributed by atoms with van der Waals surface area (Å²) in [5.74, 6) is -2.69. The SMILES string of the molecule is COc1ccccc1C1=C(Nc2ccc(F)c(F)c2)C(=O)N(CCc2ccccc2)C1=O. The van der Waals surface area contributed by atoms with Gasteiger partial charge in [0, 0.05) is 23.9 Å². The molecule has 0 radical (unpaired) electrons. The van der Waals surface area contributed by atoms with Gasteiger partial charge in [-0.1, -0.05) is 48.5 Å². The number of anilines is 1. The molecule has 0 saturated heterocycles. The van der Waals surface area contributed by atoms with E-state index in [1.54, 1.807) is 24.3 Å². The number of carbonyl (C=O) groups is 2. The number of amides is 2. The molecule has 7 heteroatoms. The molecule has 2 amide bonds. The summed E-state index contributed by atoms with van der Waals surface area (Å²) in [6.45, 7) is 0.170. The second-order valence-corrected chi connectivity index (χ2v) is 7.20. The fourth-order valence-corrected chi connectivity index (χ4v) is 3.60. The molecule has 0 aromatic heterocycles. The summed E-state index contributed by atoms with van der Waals surface area (Å²) in [4.78, 5) is 27.7. The van der Waals surface area contributed by atoms with Crippen LogP contribution in [0.3, 0.4) is 0 Å². The van der Waals surface area contributed by atoms with E-state index >= 15 is 0 Å². The predicted octanol–water partition coefficient (Wildman–Crippen LogP) is 4.41. The molecule has 1 aliphatic rings. The third-order valence-electron chi connectivity index (χ3n) is 5.20. The minimum absolute atomic E-state index is 0.0152. The predicted molar refractivity (Wildman–Crippen MR) is 117 cm³/mol.